The number of likely N-dealkylation sites (N-methyl/N-ethyl adjacent to an activating group) is 1. The molecular weight excluding hydrogens is 234 g/mol. The molecule has 2 heterocycles. The molecule has 0 spiro atoms. The maximum absolute atomic E-state index is 12.0. The summed E-state index contributed by atoms with van der Waals surface area (Å²) >= 11 is 0. The van der Waals surface area contributed by atoms with E-state index in [0.29, 0.717) is 13.1 Å². The van der Waals surface area contributed by atoms with Gasteiger partial charge in [-0.05, 0) is 6.07 Å². The first-order valence-corrected chi connectivity index (χ1v) is 5.74. The fourth-order valence-corrected chi connectivity index (χ4v) is 2.08. The van der Waals surface area contributed by atoms with Crippen LogP contribution in [0.1, 0.15) is 11.7 Å². The van der Waals surface area contributed by atoms with Crippen LogP contribution in [0.4, 0.5) is 4.79 Å². The summed E-state index contributed by atoms with van der Waals surface area (Å²) in [5.74, 6) is -0.142. The van der Waals surface area contributed by atoms with Gasteiger partial charge < -0.3 is 15.1 Å². The molecule has 0 saturated heterocycles. The van der Waals surface area contributed by atoms with Crippen LogP contribution >= 0.6 is 0 Å². The molecule has 1 aliphatic rings. The first-order valence-electron chi connectivity index (χ1n) is 5.74. The first kappa shape index (κ1) is 12.4. The number of nitrogens with zero attached hydrogens (tertiary/aromatic N) is 4. The summed E-state index contributed by atoms with van der Waals surface area (Å²) in [4.78, 5) is 27.0. The van der Waals surface area contributed by atoms with Crippen LogP contribution in [0.2, 0.25) is 0 Å². The summed E-state index contributed by atoms with van der Waals surface area (Å²) in [7, 11) is 4.98. The van der Waals surface area contributed by atoms with Gasteiger partial charge in [0.05, 0.1) is 18.8 Å². The number of aromatic nitrogens is 2. The first-order chi connectivity index (χ1) is 8.54. The second-order valence-corrected chi connectivity index (χ2v) is 4.45. The van der Waals surface area contributed by atoms with Gasteiger partial charge >= 0.3 is 6.03 Å². The van der Waals surface area contributed by atoms with Gasteiger partial charge in [-0.25, -0.2) is 4.79 Å². The molecule has 1 aromatic rings. The van der Waals surface area contributed by atoms with Gasteiger partial charge in [-0.2, -0.15) is 5.10 Å². The van der Waals surface area contributed by atoms with Crippen molar-refractivity contribution in [1.29, 1.82) is 0 Å². The third kappa shape index (κ3) is 2.03. The fourth-order valence-electron chi connectivity index (χ4n) is 2.08. The van der Waals surface area contributed by atoms with E-state index in [0.717, 1.165) is 5.69 Å². The maximum atomic E-state index is 12.0. The highest BCUT2D eigenvalue weighted by molar-refractivity contribution is 5.82. The number of hydrogen-bond acceptors (Lipinski definition) is 3. The Morgan fingerprint density at radius 2 is 2.22 bits per heavy atom. The monoisotopic (exact) mass is 251 g/mol. The maximum Gasteiger partial charge on any atom is 0.319 e. The van der Waals surface area contributed by atoms with Crippen molar-refractivity contribution in [3.63, 3.8) is 0 Å². The van der Waals surface area contributed by atoms with E-state index in [1.807, 2.05) is 6.07 Å². The number of nitrogens with one attached hydrogen (secondary N) is 1. The molecular formula is C11H17N5O2. The van der Waals surface area contributed by atoms with Crippen LogP contribution in [0.15, 0.2) is 12.3 Å². The Labute approximate surface area is 105 Å². The molecule has 0 saturated carbocycles. The number of urea groups is 1. The Bertz CT molecular complexity index is 468. The Hall–Kier alpha value is -2.05. The highest BCUT2D eigenvalue weighted by Gasteiger charge is 2.32. The van der Waals surface area contributed by atoms with Gasteiger partial charge in [0.1, 0.15) is 6.04 Å². The fraction of sp³-hybridized carbons (Fsp3) is 0.545. The summed E-state index contributed by atoms with van der Waals surface area (Å²) in [5, 5.41) is 6.75. The minimum Gasteiger partial charge on any atom is -0.357 e. The summed E-state index contributed by atoms with van der Waals surface area (Å²) in [5.41, 5.74) is 0.866. The van der Waals surface area contributed by atoms with Crippen molar-refractivity contribution in [1.82, 2.24) is 24.9 Å². The zero-order valence-electron chi connectivity index (χ0n) is 10.8. The lowest BCUT2D eigenvalue weighted by Gasteiger charge is -2.34. The molecule has 1 atom stereocenters. The SMILES string of the molecule is CNC(=O)C1CN(C(=O)N(C)C)Cc2ccnn21. The van der Waals surface area contributed by atoms with E-state index in [-0.39, 0.29) is 11.9 Å². The number of fused-ring (bicyclic) bond motifs is 1. The van der Waals surface area contributed by atoms with Gasteiger partial charge in [0.2, 0.25) is 5.91 Å². The van der Waals surface area contributed by atoms with Crippen molar-refractivity contribution in [2.45, 2.75) is 12.6 Å². The quantitative estimate of drug-likeness (QED) is 0.743. The third-order valence-electron chi connectivity index (χ3n) is 3.00. The molecule has 3 amide bonds. The lowest BCUT2D eigenvalue weighted by atomic mass is 10.2. The van der Waals surface area contributed by atoms with Crippen LogP contribution in [-0.4, -0.2) is 59.2 Å². The second kappa shape index (κ2) is 4.67. The molecule has 7 heteroatoms. The van der Waals surface area contributed by atoms with Crippen LogP contribution in [0.25, 0.3) is 0 Å². The molecule has 7 nitrogen and oxygen atoms in total. The van der Waals surface area contributed by atoms with Gasteiger partial charge in [0.25, 0.3) is 0 Å². The number of carbonyl (C=O) groups excluding carboxylic acids is 2. The van der Waals surface area contributed by atoms with E-state index in [2.05, 4.69) is 10.4 Å². The summed E-state index contributed by atoms with van der Waals surface area (Å²) in [6, 6.07) is 1.26. The van der Waals surface area contributed by atoms with E-state index in [4.69, 9.17) is 0 Å². The van der Waals surface area contributed by atoms with Crippen LogP contribution in [0.3, 0.4) is 0 Å². The van der Waals surface area contributed by atoms with E-state index in [1.165, 1.54) is 4.90 Å². The van der Waals surface area contributed by atoms with Crippen molar-refractivity contribution in [2.75, 3.05) is 27.7 Å². The van der Waals surface area contributed by atoms with Gasteiger partial charge in [0.15, 0.2) is 0 Å². The smallest absolute Gasteiger partial charge is 0.319 e. The molecule has 0 aliphatic carbocycles. The topological polar surface area (TPSA) is 70.5 Å². The predicted molar refractivity (Wildman–Crippen MR) is 64.8 cm³/mol. The average Bonchev–Trinajstić information content (AvgIpc) is 2.83. The molecule has 98 valence electrons. The van der Waals surface area contributed by atoms with E-state index in [9.17, 15) is 9.59 Å². The number of rotatable bonds is 1. The van der Waals surface area contributed by atoms with Crippen LogP contribution < -0.4 is 5.32 Å². The van der Waals surface area contributed by atoms with Crippen molar-refractivity contribution in [2.24, 2.45) is 0 Å². The predicted octanol–water partition coefficient (Wildman–Crippen LogP) is -0.333. The van der Waals surface area contributed by atoms with Crippen molar-refractivity contribution < 1.29 is 9.59 Å². The van der Waals surface area contributed by atoms with Crippen molar-refractivity contribution in [3.8, 4) is 0 Å². The molecule has 1 unspecified atom stereocenters. The zero-order chi connectivity index (χ0) is 13.3. The molecule has 1 aliphatic heterocycles. The minimum absolute atomic E-state index is 0.101. The molecule has 18 heavy (non-hydrogen) atoms. The molecule has 0 aromatic carbocycles. The highest BCUT2D eigenvalue weighted by Crippen LogP contribution is 2.21. The second-order valence-electron chi connectivity index (χ2n) is 4.45. The lowest BCUT2D eigenvalue weighted by molar-refractivity contribution is -0.125. The van der Waals surface area contributed by atoms with Crippen LogP contribution in [0, 0.1) is 0 Å². The lowest BCUT2D eigenvalue weighted by Crippen LogP contribution is -2.49. The Balaban J connectivity index is 2.28. The Kier molecular flexibility index (Phi) is 3.22. The number of amides is 3. The Morgan fingerprint density at radius 3 is 2.83 bits per heavy atom. The summed E-state index contributed by atoms with van der Waals surface area (Å²) in [6.07, 6.45) is 1.65. The van der Waals surface area contributed by atoms with Crippen molar-refractivity contribution >= 4 is 11.9 Å². The van der Waals surface area contributed by atoms with Crippen molar-refractivity contribution in [3.05, 3.63) is 18.0 Å². The summed E-state index contributed by atoms with van der Waals surface area (Å²) in [6.45, 7) is 0.815. The Morgan fingerprint density at radius 1 is 1.50 bits per heavy atom. The van der Waals surface area contributed by atoms with Gasteiger partial charge in [-0.1, -0.05) is 0 Å². The zero-order valence-corrected chi connectivity index (χ0v) is 10.8. The third-order valence-corrected chi connectivity index (χ3v) is 3.00. The molecule has 1 N–H and O–H groups in total. The molecule has 1 aromatic heterocycles. The highest BCUT2D eigenvalue weighted by atomic mass is 16.2. The molecule has 0 radical (unpaired) electrons. The van der Waals surface area contributed by atoms with E-state index in [1.54, 1.807) is 36.9 Å². The number of carbonyl (C=O) groups is 2. The normalized spacial score (nSPS) is 18.2. The molecule has 0 bridgehead atoms. The van der Waals surface area contributed by atoms with Crippen LogP contribution in [0.5, 0.6) is 0 Å². The molecule has 2 rings (SSSR count). The van der Waals surface area contributed by atoms with Gasteiger partial charge in [0, 0.05) is 27.3 Å². The van der Waals surface area contributed by atoms with Gasteiger partial charge in [-0.3, -0.25) is 9.48 Å². The number of hydrogen-bond donors (Lipinski definition) is 1. The minimum atomic E-state index is -0.461. The average molecular weight is 251 g/mol. The van der Waals surface area contributed by atoms with E-state index >= 15 is 0 Å². The standard InChI is InChI=1S/C11H17N5O2/c1-12-10(17)9-7-15(11(18)14(2)3)6-8-4-5-13-16(8)9/h4-5,9H,6-7H2,1-3H3,(H,12,17). The largest absolute Gasteiger partial charge is 0.357 e. The van der Waals surface area contributed by atoms with Crippen LogP contribution in [-0.2, 0) is 11.3 Å². The summed E-state index contributed by atoms with van der Waals surface area (Å²) < 4.78 is 1.68. The van der Waals surface area contributed by atoms with E-state index < -0.39 is 6.04 Å². The molecule has 0 fully saturated rings. The van der Waals surface area contributed by atoms with Gasteiger partial charge in [-0.15, -0.1) is 0 Å².